The van der Waals surface area contributed by atoms with Crippen molar-refractivity contribution < 1.29 is 4.79 Å². The van der Waals surface area contributed by atoms with Crippen molar-refractivity contribution in [2.45, 2.75) is 19.8 Å². The molecule has 104 valence electrons. The average molecular weight is 269 g/mol. The van der Waals surface area contributed by atoms with Crippen molar-refractivity contribution in [2.24, 2.45) is 5.92 Å². The van der Waals surface area contributed by atoms with Crippen LogP contribution in [0.4, 0.5) is 5.69 Å². The minimum Gasteiger partial charge on any atom is -0.324 e. The van der Waals surface area contributed by atoms with Gasteiger partial charge in [0.15, 0.2) is 0 Å². The van der Waals surface area contributed by atoms with Crippen molar-refractivity contribution in [3.8, 4) is 0 Å². The van der Waals surface area contributed by atoms with E-state index in [4.69, 9.17) is 0 Å². The molecule has 1 aliphatic heterocycles. The van der Waals surface area contributed by atoms with Gasteiger partial charge in [0.25, 0.3) is 0 Å². The highest BCUT2D eigenvalue weighted by Gasteiger charge is 2.21. The van der Waals surface area contributed by atoms with E-state index in [9.17, 15) is 4.79 Å². The molecule has 1 amide bonds. The molecule has 0 aliphatic carbocycles. The number of piperidine rings is 1. The number of anilines is 1. The predicted octanol–water partition coefficient (Wildman–Crippen LogP) is 2.48. The number of pyridine rings is 1. The number of fused-ring (bicyclic) bond motifs is 1. The van der Waals surface area contributed by atoms with E-state index in [1.54, 1.807) is 0 Å². The molecule has 0 spiro atoms. The Morgan fingerprint density at radius 3 is 3.05 bits per heavy atom. The Morgan fingerprint density at radius 1 is 1.35 bits per heavy atom. The van der Waals surface area contributed by atoms with Crippen LogP contribution in [0.2, 0.25) is 0 Å². The normalized spacial score (nSPS) is 18.9. The molecule has 20 heavy (non-hydrogen) atoms. The first-order chi connectivity index (χ1) is 9.74. The zero-order valence-electron chi connectivity index (χ0n) is 11.6. The molecule has 1 atom stereocenters. The summed E-state index contributed by atoms with van der Waals surface area (Å²) in [4.78, 5) is 16.9. The van der Waals surface area contributed by atoms with E-state index in [1.807, 2.05) is 37.3 Å². The molecule has 2 N–H and O–H groups in total. The zero-order chi connectivity index (χ0) is 13.9. The summed E-state index contributed by atoms with van der Waals surface area (Å²) in [6, 6.07) is 9.91. The van der Waals surface area contributed by atoms with Crippen molar-refractivity contribution >= 4 is 22.5 Å². The monoisotopic (exact) mass is 269 g/mol. The van der Waals surface area contributed by atoms with E-state index in [1.165, 1.54) is 0 Å². The van der Waals surface area contributed by atoms with E-state index in [-0.39, 0.29) is 11.8 Å². The second-order valence-electron chi connectivity index (χ2n) is 5.36. The third-order valence-corrected chi connectivity index (χ3v) is 3.79. The summed E-state index contributed by atoms with van der Waals surface area (Å²) in [5, 5.41) is 7.36. The van der Waals surface area contributed by atoms with Crippen LogP contribution in [-0.4, -0.2) is 24.0 Å². The Hall–Kier alpha value is -1.94. The summed E-state index contributed by atoms with van der Waals surface area (Å²) in [5.41, 5.74) is 2.63. The van der Waals surface area contributed by atoms with Crippen molar-refractivity contribution in [3.05, 3.63) is 36.0 Å². The summed E-state index contributed by atoms with van der Waals surface area (Å²) < 4.78 is 0. The molecule has 1 aliphatic rings. The Morgan fingerprint density at radius 2 is 2.25 bits per heavy atom. The molecule has 1 saturated heterocycles. The fraction of sp³-hybridized carbons (Fsp3) is 0.375. The smallest absolute Gasteiger partial charge is 0.228 e. The largest absolute Gasteiger partial charge is 0.324 e. The number of para-hydroxylation sites is 1. The van der Waals surface area contributed by atoms with E-state index >= 15 is 0 Å². The molecule has 4 heteroatoms. The molecular formula is C16H19N3O. The minimum atomic E-state index is 0.0591. The highest BCUT2D eigenvalue weighted by atomic mass is 16.1. The minimum absolute atomic E-state index is 0.0591. The molecular weight excluding hydrogens is 250 g/mol. The molecule has 4 nitrogen and oxygen atoms in total. The fourth-order valence-electron chi connectivity index (χ4n) is 2.66. The van der Waals surface area contributed by atoms with Crippen molar-refractivity contribution in [1.82, 2.24) is 10.3 Å². The van der Waals surface area contributed by atoms with E-state index in [0.717, 1.165) is 48.2 Å². The molecule has 0 bridgehead atoms. The third kappa shape index (κ3) is 2.65. The fourth-order valence-corrected chi connectivity index (χ4v) is 2.66. The molecule has 1 fully saturated rings. The number of nitrogens with one attached hydrogen (secondary N) is 2. The van der Waals surface area contributed by atoms with Gasteiger partial charge in [0, 0.05) is 17.6 Å². The van der Waals surface area contributed by atoms with Crippen molar-refractivity contribution in [2.75, 3.05) is 18.4 Å². The maximum absolute atomic E-state index is 12.3. The SMILES string of the molecule is Cc1ccc2cccc(NC(=O)C3CCCNC3)c2n1. The van der Waals surface area contributed by atoms with Crippen LogP contribution in [0.25, 0.3) is 10.9 Å². The van der Waals surface area contributed by atoms with Crippen molar-refractivity contribution in [1.29, 1.82) is 0 Å². The average Bonchev–Trinajstić information content (AvgIpc) is 2.49. The van der Waals surface area contributed by atoms with Gasteiger partial charge in [-0.05, 0) is 38.4 Å². The molecule has 1 unspecified atom stereocenters. The lowest BCUT2D eigenvalue weighted by atomic mass is 9.98. The van der Waals surface area contributed by atoms with Gasteiger partial charge in [0.05, 0.1) is 17.1 Å². The van der Waals surface area contributed by atoms with Crippen LogP contribution in [-0.2, 0) is 4.79 Å². The van der Waals surface area contributed by atoms with Gasteiger partial charge >= 0.3 is 0 Å². The van der Waals surface area contributed by atoms with E-state index in [0.29, 0.717) is 0 Å². The number of carbonyl (C=O) groups is 1. The van der Waals surface area contributed by atoms with Gasteiger partial charge in [-0.25, -0.2) is 0 Å². The van der Waals surface area contributed by atoms with Gasteiger partial charge in [-0.15, -0.1) is 0 Å². The molecule has 0 radical (unpaired) electrons. The first kappa shape index (κ1) is 13.1. The van der Waals surface area contributed by atoms with Crippen LogP contribution in [0.3, 0.4) is 0 Å². The van der Waals surface area contributed by atoms with E-state index in [2.05, 4.69) is 15.6 Å². The number of amides is 1. The predicted molar refractivity (Wildman–Crippen MR) is 80.7 cm³/mol. The third-order valence-electron chi connectivity index (χ3n) is 3.79. The number of carbonyl (C=O) groups excluding carboxylic acids is 1. The van der Waals surface area contributed by atoms with Gasteiger partial charge < -0.3 is 10.6 Å². The Labute approximate surface area is 118 Å². The number of hydrogen-bond acceptors (Lipinski definition) is 3. The standard InChI is InChI=1S/C16H19N3O/c1-11-7-8-12-4-2-6-14(15(12)18-11)19-16(20)13-5-3-9-17-10-13/h2,4,6-8,13,17H,3,5,9-10H2,1H3,(H,19,20). The van der Waals surface area contributed by atoms with Gasteiger partial charge in [0.1, 0.15) is 0 Å². The lowest BCUT2D eigenvalue weighted by Crippen LogP contribution is -2.37. The van der Waals surface area contributed by atoms with Crippen molar-refractivity contribution in [3.63, 3.8) is 0 Å². The summed E-state index contributed by atoms with van der Waals surface area (Å²) >= 11 is 0. The number of hydrogen-bond donors (Lipinski definition) is 2. The van der Waals surface area contributed by atoms with Crippen LogP contribution in [0.1, 0.15) is 18.5 Å². The Bertz CT molecular complexity index is 633. The second kappa shape index (κ2) is 5.59. The van der Waals surface area contributed by atoms with Gasteiger partial charge in [-0.3, -0.25) is 9.78 Å². The van der Waals surface area contributed by atoms with Gasteiger partial charge in [0.2, 0.25) is 5.91 Å². The Kier molecular flexibility index (Phi) is 3.65. The molecule has 0 saturated carbocycles. The molecule has 2 aromatic rings. The number of benzene rings is 1. The first-order valence-corrected chi connectivity index (χ1v) is 7.12. The molecule has 1 aromatic heterocycles. The number of nitrogens with zero attached hydrogens (tertiary/aromatic N) is 1. The maximum atomic E-state index is 12.3. The van der Waals surface area contributed by atoms with E-state index < -0.39 is 0 Å². The summed E-state index contributed by atoms with van der Waals surface area (Å²) in [5.74, 6) is 0.150. The highest BCUT2D eigenvalue weighted by molar-refractivity contribution is 6.01. The number of aryl methyl sites for hydroxylation is 1. The van der Waals surface area contributed by atoms with Gasteiger partial charge in [-0.1, -0.05) is 18.2 Å². The first-order valence-electron chi connectivity index (χ1n) is 7.12. The topological polar surface area (TPSA) is 54.0 Å². The zero-order valence-corrected chi connectivity index (χ0v) is 11.6. The molecule has 3 rings (SSSR count). The Balaban J connectivity index is 1.86. The van der Waals surface area contributed by atoms with Crippen LogP contribution in [0, 0.1) is 12.8 Å². The summed E-state index contributed by atoms with van der Waals surface area (Å²) in [6.45, 7) is 3.74. The van der Waals surface area contributed by atoms with Crippen LogP contribution in [0.5, 0.6) is 0 Å². The number of rotatable bonds is 2. The van der Waals surface area contributed by atoms with Gasteiger partial charge in [-0.2, -0.15) is 0 Å². The summed E-state index contributed by atoms with van der Waals surface area (Å²) in [6.07, 6.45) is 2.01. The van der Waals surface area contributed by atoms with Crippen LogP contribution < -0.4 is 10.6 Å². The lowest BCUT2D eigenvalue weighted by Gasteiger charge is -2.22. The lowest BCUT2D eigenvalue weighted by molar-refractivity contribution is -0.120. The summed E-state index contributed by atoms with van der Waals surface area (Å²) in [7, 11) is 0. The maximum Gasteiger partial charge on any atom is 0.228 e. The van der Waals surface area contributed by atoms with Crippen LogP contribution >= 0.6 is 0 Å². The van der Waals surface area contributed by atoms with Crippen LogP contribution in [0.15, 0.2) is 30.3 Å². The quantitative estimate of drug-likeness (QED) is 0.880. The highest BCUT2D eigenvalue weighted by Crippen LogP contribution is 2.23. The molecule has 1 aromatic carbocycles. The second-order valence-corrected chi connectivity index (χ2v) is 5.36. The number of aromatic nitrogens is 1. The molecule has 2 heterocycles.